The van der Waals surface area contributed by atoms with E-state index in [-0.39, 0.29) is 5.60 Å². The van der Waals surface area contributed by atoms with Crippen molar-refractivity contribution < 1.29 is 9.53 Å². The van der Waals surface area contributed by atoms with Crippen LogP contribution in [0.1, 0.15) is 59.3 Å². The summed E-state index contributed by atoms with van der Waals surface area (Å²) in [6, 6.07) is 0.497. The highest BCUT2D eigenvalue weighted by Gasteiger charge is 2.36. The quantitative estimate of drug-likeness (QED) is 0.784. The first-order chi connectivity index (χ1) is 8.97. The third-order valence-corrected chi connectivity index (χ3v) is 4.39. The van der Waals surface area contributed by atoms with Gasteiger partial charge in [-0.25, -0.2) is 0 Å². The second kappa shape index (κ2) is 6.36. The molecule has 3 heteroatoms. The molecular weight excluding hydrogens is 238 g/mol. The zero-order valence-corrected chi connectivity index (χ0v) is 12.8. The van der Waals surface area contributed by atoms with Gasteiger partial charge in [-0.3, -0.25) is 9.69 Å². The minimum atomic E-state index is -0.0596. The fraction of sp³-hybridized carbons (Fsp3) is 0.938. The number of nitrogens with zero attached hydrogens (tertiary/aromatic N) is 1. The van der Waals surface area contributed by atoms with Gasteiger partial charge in [0.25, 0.3) is 0 Å². The van der Waals surface area contributed by atoms with Crippen LogP contribution in [0.4, 0.5) is 0 Å². The largest absolute Gasteiger partial charge is 0.375 e. The Morgan fingerprint density at radius 1 is 1.21 bits per heavy atom. The number of likely N-dealkylation sites (tertiary alicyclic amines) is 1. The Morgan fingerprint density at radius 2 is 2.00 bits per heavy atom. The van der Waals surface area contributed by atoms with E-state index in [0.717, 1.165) is 39.0 Å². The zero-order valence-electron chi connectivity index (χ0n) is 12.8. The first-order valence-corrected chi connectivity index (χ1v) is 7.88. The molecule has 19 heavy (non-hydrogen) atoms. The predicted molar refractivity (Wildman–Crippen MR) is 77.3 cm³/mol. The summed E-state index contributed by atoms with van der Waals surface area (Å²) in [5.74, 6) is 0.825. The molecule has 2 fully saturated rings. The molecule has 1 saturated carbocycles. The average molecular weight is 267 g/mol. The second-order valence-corrected chi connectivity index (χ2v) is 7.02. The number of hydrogen-bond acceptors (Lipinski definition) is 3. The number of carbonyl (C=O) groups excluding carboxylic acids is 1. The van der Waals surface area contributed by atoms with E-state index in [4.69, 9.17) is 4.74 Å². The Hall–Kier alpha value is -0.410. The average Bonchev–Trinajstić information content (AvgIpc) is 2.76. The summed E-state index contributed by atoms with van der Waals surface area (Å²) in [6.07, 6.45) is 6.71. The van der Waals surface area contributed by atoms with Gasteiger partial charge in [0.2, 0.25) is 0 Å². The Kier molecular flexibility index (Phi) is 5.02. The number of hydrogen-bond donors (Lipinski definition) is 0. The molecule has 2 unspecified atom stereocenters. The highest BCUT2D eigenvalue weighted by atomic mass is 16.5. The smallest absolute Gasteiger partial charge is 0.137 e. The molecule has 0 radical (unpaired) electrons. The van der Waals surface area contributed by atoms with Crippen molar-refractivity contribution in [3.8, 4) is 0 Å². The van der Waals surface area contributed by atoms with Gasteiger partial charge in [-0.15, -0.1) is 0 Å². The predicted octanol–water partition coefficient (Wildman–Crippen LogP) is 3.03. The lowest BCUT2D eigenvalue weighted by Crippen LogP contribution is -2.42. The summed E-state index contributed by atoms with van der Waals surface area (Å²) in [5.41, 5.74) is -0.0596. The number of Topliss-reactive ketones (excluding diaryl/α,β-unsaturated/α-hetero) is 1. The molecule has 0 N–H and O–H groups in total. The van der Waals surface area contributed by atoms with Crippen molar-refractivity contribution in [3.63, 3.8) is 0 Å². The van der Waals surface area contributed by atoms with Gasteiger partial charge in [0.15, 0.2) is 0 Å². The molecule has 0 aromatic carbocycles. The summed E-state index contributed by atoms with van der Waals surface area (Å²) in [4.78, 5) is 14.6. The van der Waals surface area contributed by atoms with Crippen molar-refractivity contribution in [2.24, 2.45) is 5.92 Å². The Bertz CT molecular complexity index is 308. The first kappa shape index (κ1) is 15.0. The van der Waals surface area contributed by atoms with E-state index in [9.17, 15) is 4.79 Å². The number of ketones is 1. The van der Waals surface area contributed by atoms with E-state index in [2.05, 4.69) is 25.7 Å². The second-order valence-electron chi connectivity index (χ2n) is 7.02. The van der Waals surface area contributed by atoms with Gasteiger partial charge in [-0.1, -0.05) is 6.42 Å². The SMILES string of the molecule is CC(C)(C)OCCN1CCCC1C1CCCCC1=O. The molecule has 1 heterocycles. The molecule has 3 nitrogen and oxygen atoms in total. The molecule has 2 atom stereocenters. The van der Waals surface area contributed by atoms with Crippen LogP contribution >= 0.6 is 0 Å². The van der Waals surface area contributed by atoms with Crippen LogP contribution in [-0.2, 0) is 9.53 Å². The lowest BCUT2D eigenvalue weighted by Gasteiger charge is -2.33. The van der Waals surface area contributed by atoms with Crippen LogP contribution in [0.5, 0.6) is 0 Å². The van der Waals surface area contributed by atoms with E-state index in [1.54, 1.807) is 0 Å². The lowest BCUT2D eigenvalue weighted by atomic mass is 9.82. The first-order valence-electron chi connectivity index (χ1n) is 7.88. The maximum absolute atomic E-state index is 12.1. The van der Waals surface area contributed by atoms with Crippen LogP contribution < -0.4 is 0 Å². The fourth-order valence-electron chi connectivity index (χ4n) is 3.47. The fourth-order valence-corrected chi connectivity index (χ4v) is 3.47. The monoisotopic (exact) mass is 267 g/mol. The highest BCUT2D eigenvalue weighted by molar-refractivity contribution is 5.82. The molecule has 1 saturated heterocycles. The summed E-state index contributed by atoms with van der Waals surface area (Å²) in [7, 11) is 0. The Morgan fingerprint density at radius 3 is 2.68 bits per heavy atom. The molecule has 2 rings (SSSR count). The summed E-state index contributed by atoms with van der Waals surface area (Å²) in [5, 5.41) is 0. The molecule has 2 aliphatic rings. The molecule has 0 aromatic rings. The van der Waals surface area contributed by atoms with Crippen LogP contribution in [0, 0.1) is 5.92 Å². The lowest BCUT2D eigenvalue weighted by molar-refractivity contribution is -0.126. The molecule has 0 aromatic heterocycles. The number of ether oxygens (including phenoxy) is 1. The van der Waals surface area contributed by atoms with Gasteiger partial charge < -0.3 is 4.74 Å². The molecule has 0 bridgehead atoms. The van der Waals surface area contributed by atoms with Crippen molar-refractivity contribution in [1.29, 1.82) is 0 Å². The maximum atomic E-state index is 12.1. The summed E-state index contributed by atoms with van der Waals surface area (Å²) in [6.45, 7) is 9.19. The van der Waals surface area contributed by atoms with Crippen molar-refractivity contribution in [2.75, 3.05) is 19.7 Å². The third-order valence-electron chi connectivity index (χ3n) is 4.39. The highest BCUT2D eigenvalue weighted by Crippen LogP contribution is 2.32. The van der Waals surface area contributed by atoms with Gasteiger partial charge in [-0.2, -0.15) is 0 Å². The van der Waals surface area contributed by atoms with Crippen LogP contribution in [0.25, 0.3) is 0 Å². The van der Waals surface area contributed by atoms with E-state index >= 15 is 0 Å². The Balaban J connectivity index is 1.84. The van der Waals surface area contributed by atoms with Gasteiger partial charge >= 0.3 is 0 Å². The van der Waals surface area contributed by atoms with Gasteiger partial charge in [0, 0.05) is 24.9 Å². The molecule has 0 spiro atoms. The van der Waals surface area contributed by atoms with Crippen molar-refractivity contribution in [3.05, 3.63) is 0 Å². The molecule has 110 valence electrons. The number of carbonyl (C=O) groups is 1. The van der Waals surface area contributed by atoms with Crippen LogP contribution in [0.3, 0.4) is 0 Å². The third kappa shape index (κ3) is 4.28. The summed E-state index contributed by atoms with van der Waals surface area (Å²) < 4.78 is 5.83. The topological polar surface area (TPSA) is 29.5 Å². The minimum absolute atomic E-state index is 0.0596. The minimum Gasteiger partial charge on any atom is -0.375 e. The standard InChI is InChI=1S/C16H29NO2/c1-16(2,3)19-12-11-17-10-6-8-14(17)13-7-4-5-9-15(13)18/h13-14H,4-12H2,1-3H3. The van der Waals surface area contributed by atoms with E-state index in [0.29, 0.717) is 17.7 Å². The van der Waals surface area contributed by atoms with E-state index in [1.807, 2.05) is 0 Å². The molecule has 0 amide bonds. The van der Waals surface area contributed by atoms with Crippen LogP contribution in [0.15, 0.2) is 0 Å². The van der Waals surface area contributed by atoms with Crippen LogP contribution in [-0.4, -0.2) is 42.0 Å². The maximum Gasteiger partial charge on any atom is 0.137 e. The van der Waals surface area contributed by atoms with E-state index < -0.39 is 0 Å². The van der Waals surface area contributed by atoms with Crippen LogP contribution in [0.2, 0.25) is 0 Å². The van der Waals surface area contributed by atoms with Gasteiger partial charge in [-0.05, 0) is 53.0 Å². The van der Waals surface area contributed by atoms with Crippen molar-refractivity contribution in [2.45, 2.75) is 70.9 Å². The zero-order chi connectivity index (χ0) is 13.9. The Labute approximate surface area is 117 Å². The molecule has 1 aliphatic carbocycles. The normalized spacial score (nSPS) is 29.9. The molecule has 1 aliphatic heterocycles. The van der Waals surface area contributed by atoms with E-state index in [1.165, 1.54) is 19.3 Å². The number of rotatable bonds is 4. The van der Waals surface area contributed by atoms with Crippen molar-refractivity contribution >= 4 is 5.78 Å². The van der Waals surface area contributed by atoms with Crippen molar-refractivity contribution in [1.82, 2.24) is 4.90 Å². The van der Waals surface area contributed by atoms with Gasteiger partial charge in [0.05, 0.1) is 12.2 Å². The van der Waals surface area contributed by atoms with Gasteiger partial charge in [0.1, 0.15) is 5.78 Å². The molecular formula is C16H29NO2. The summed E-state index contributed by atoms with van der Waals surface area (Å²) >= 11 is 0.